The van der Waals surface area contributed by atoms with E-state index in [4.69, 9.17) is 12.2 Å². The predicted octanol–water partition coefficient (Wildman–Crippen LogP) is 3.38. The molecule has 120 valence electrons. The lowest BCUT2D eigenvalue weighted by Gasteiger charge is -2.35. The number of H-pyrrole nitrogens is 1. The molecule has 3 heterocycles. The number of nitrogens with one attached hydrogen (secondary N) is 1. The molecule has 0 aliphatic carbocycles. The van der Waals surface area contributed by atoms with Gasteiger partial charge in [0.2, 0.25) is 0 Å². The second-order valence-electron chi connectivity index (χ2n) is 6.61. The number of hydrogen-bond donors (Lipinski definition) is 1. The maximum atomic E-state index is 13.0. The number of nitrogens with zero attached hydrogens (tertiary/aromatic N) is 2. The van der Waals surface area contributed by atoms with Gasteiger partial charge in [0.25, 0.3) is 5.91 Å². The molecular formula is C18H21N3OS. The van der Waals surface area contributed by atoms with Gasteiger partial charge < -0.3 is 9.88 Å². The number of hydrogen-bond acceptors (Lipinski definition) is 2. The molecule has 0 unspecified atom stereocenters. The topological polar surface area (TPSA) is 39.3 Å². The summed E-state index contributed by atoms with van der Waals surface area (Å²) in [6.07, 6.45) is 1.64. The summed E-state index contributed by atoms with van der Waals surface area (Å²) < 4.78 is 0. The first kappa shape index (κ1) is 14.7. The summed E-state index contributed by atoms with van der Waals surface area (Å²) in [5, 5.41) is 1.92. The van der Waals surface area contributed by atoms with E-state index >= 15 is 0 Å². The second kappa shape index (κ2) is 5.06. The number of aromatic nitrogens is 1. The van der Waals surface area contributed by atoms with Crippen LogP contribution in [0.5, 0.6) is 0 Å². The van der Waals surface area contributed by atoms with E-state index in [1.807, 2.05) is 11.0 Å². The second-order valence-corrected chi connectivity index (χ2v) is 6.98. The highest BCUT2D eigenvalue weighted by molar-refractivity contribution is 7.80. The fourth-order valence-corrected chi connectivity index (χ4v) is 4.53. The van der Waals surface area contributed by atoms with Gasteiger partial charge >= 0.3 is 0 Å². The monoisotopic (exact) mass is 327 g/mol. The summed E-state index contributed by atoms with van der Waals surface area (Å²) in [5.41, 5.74) is 3.61. The number of aromatic amines is 1. The molecule has 4 nitrogen and oxygen atoms in total. The Bertz CT molecular complexity index is 812. The molecule has 0 saturated carbocycles. The van der Waals surface area contributed by atoms with Gasteiger partial charge in [0.05, 0.1) is 6.04 Å². The van der Waals surface area contributed by atoms with Gasteiger partial charge in [-0.05, 0) is 44.1 Å². The highest BCUT2D eigenvalue weighted by Gasteiger charge is 2.49. The molecule has 0 bridgehead atoms. The molecule has 1 aromatic heterocycles. The smallest absolute Gasteiger partial charge is 0.252 e. The average Bonchev–Trinajstić information content (AvgIpc) is 3.04. The normalized spacial score (nSPS) is 25.0. The van der Waals surface area contributed by atoms with Crippen molar-refractivity contribution in [1.82, 2.24) is 14.8 Å². The van der Waals surface area contributed by atoms with E-state index in [0.717, 1.165) is 18.4 Å². The minimum Gasteiger partial charge on any atom is -0.356 e. The fraction of sp³-hybridized carbons (Fsp3) is 0.444. The SMILES string of the molecule is CC[C@H](C)N1C(=O)[C@H]2Cc3c([nH]c4ccccc34)[C@H](C)N2C1=S. The van der Waals surface area contributed by atoms with Crippen molar-refractivity contribution in [3.8, 4) is 0 Å². The van der Waals surface area contributed by atoms with Gasteiger partial charge in [0.1, 0.15) is 6.04 Å². The summed E-state index contributed by atoms with van der Waals surface area (Å²) in [6.45, 7) is 6.30. The third kappa shape index (κ3) is 1.89. The number of para-hydroxylation sites is 1. The lowest BCUT2D eigenvalue weighted by Crippen LogP contribution is -2.42. The zero-order chi connectivity index (χ0) is 16.3. The van der Waals surface area contributed by atoms with Crippen molar-refractivity contribution in [3.63, 3.8) is 0 Å². The summed E-state index contributed by atoms with van der Waals surface area (Å²) in [5.74, 6) is 0.159. The van der Waals surface area contributed by atoms with Crippen LogP contribution in [0.15, 0.2) is 24.3 Å². The Hall–Kier alpha value is -1.88. The highest BCUT2D eigenvalue weighted by atomic mass is 32.1. The van der Waals surface area contributed by atoms with Gasteiger partial charge in [0.15, 0.2) is 5.11 Å². The van der Waals surface area contributed by atoms with Crippen molar-refractivity contribution in [1.29, 1.82) is 0 Å². The Morgan fingerprint density at radius 3 is 2.87 bits per heavy atom. The molecule has 2 aliphatic rings. The Morgan fingerprint density at radius 2 is 2.13 bits per heavy atom. The Kier molecular flexibility index (Phi) is 3.23. The number of thiocarbonyl (C=S) groups is 1. The summed E-state index contributed by atoms with van der Waals surface area (Å²) in [4.78, 5) is 20.4. The Morgan fingerprint density at radius 1 is 1.39 bits per heavy atom. The number of fused-ring (bicyclic) bond motifs is 4. The lowest BCUT2D eigenvalue weighted by molar-refractivity contribution is -0.129. The zero-order valence-corrected chi connectivity index (χ0v) is 14.5. The predicted molar refractivity (Wildman–Crippen MR) is 95.2 cm³/mol. The largest absolute Gasteiger partial charge is 0.356 e. The molecular weight excluding hydrogens is 306 g/mol. The van der Waals surface area contributed by atoms with Crippen molar-refractivity contribution < 1.29 is 4.79 Å². The van der Waals surface area contributed by atoms with Crippen molar-refractivity contribution in [2.75, 3.05) is 0 Å². The maximum Gasteiger partial charge on any atom is 0.252 e. The molecule has 0 radical (unpaired) electrons. The van der Waals surface area contributed by atoms with E-state index in [2.05, 4.69) is 48.9 Å². The maximum absolute atomic E-state index is 13.0. The molecule has 1 amide bonds. The van der Waals surface area contributed by atoms with E-state index in [-0.39, 0.29) is 24.0 Å². The lowest BCUT2D eigenvalue weighted by atomic mass is 9.93. The quantitative estimate of drug-likeness (QED) is 0.860. The first-order valence-electron chi connectivity index (χ1n) is 8.29. The number of amides is 1. The molecule has 1 aromatic carbocycles. The third-order valence-corrected chi connectivity index (χ3v) is 5.80. The van der Waals surface area contributed by atoms with Crippen LogP contribution in [0, 0.1) is 0 Å². The van der Waals surface area contributed by atoms with E-state index in [9.17, 15) is 4.79 Å². The Balaban J connectivity index is 1.81. The molecule has 2 aliphatic heterocycles. The van der Waals surface area contributed by atoms with E-state index < -0.39 is 0 Å². The van der Waals surface area contributed by atoms with Gasteiger partial charge in [-0.1, -0.05) is 25.1 Å². The van der Waals surface area contributed by atoms with Crippen molar-refractivity contribution in [2.24, 2.45) is 0 Å². The van der Waals surface area contributed by atoms with Crippen LogP contribution in [0.1, 0.15) is 44.5 Å². The number of carbonyl (C=O) groups excluding carboxylic acids is 1. The molecule has 3 atom stereocenters. The minimum absolute atomic E-state index is 0.0988. The van der Waals surface area contributed by atoms with Crippen LogP contribution in [-0.4, -0.2) is 37.9 Å². The van der Waals surface area contributed by atoms with E-state index in [1.54, 1.807) is 0 Å². The highest BCUT2D eigenvalue weighted by Crippen LogP contribution is 2.41. The number of benzene rings is 1. The van der Waals surface area contributed by atoms with Gasteiger partial charge in [-0.15, -0.1) is 0 Å². The van der Waals surface area contributed by atoms with Crippen LogP contribution in [0.2, 0.25) is 0 Å². The van der Waals surface area contributed by atoms with Crippen LogP contribution in [-0.2, 0) is 11.2 Å². The molecule has 2 aromatic rings. The van der Waals surface area contributed by atoms with Gasteiger partial charge in [-0.3, -0.25) is 9.69 Å². The van der Waals surface area contributed by atoms with Crippen LogP contribution >= 0.6 is 12.2 Å². The molecule has 0 spiro atoms. The van der Waals surface area contributed by atoms with Crippen LogP contribution < -0.4 is 0 Å². The number of rotatable bonds is 2. The first-order chi connectivity index (χ1) is 11.0. The van der Waals surface area contributed by atoms with E-state index in [0.29, 0.717) is 5.11 Å². The van der Waals surface area contributed by atoms with E-state index in [1.165, 1.54) is 16.6 Å². The molecule has 5 heteroatoms. The summed E-state index contributed by atoms with van der Waals surface area (Å²) in [6, 6.07) is 8.42. The zero-order valence-electron chi connectivity index (χ0n) is 13.7. The molecule has 1 N–H and O–H groups in total. The molecule has 1 saturated heterocycles. The summed E-state index contributed by atoms with van der Waals surface area (Å²) >= 11 is 5.66. The van der Waals surface area contributed by atoms with Crippen LogP contribution in [0.3, 0.4) is 0 Å². The standard InChI is InChI=1S/C18H21N3OS/c1-4-10(2)20-17(22)15-9-13-12-7-5-6-8-14(12)19-16(13)11(3)21(15)18(20)23/h5-8,10-11,15,19H,4,9H2,1-3H3/t10-,11-,15+/m0/s1. The van der Waals surface area contributed by atoms with Gasteiger partial charge in [-0.25, -0.2) is 0 Å². The Labute approximate surface area is 141 Å². The summed E-state index contributed by atoms with van der Waals surface area (Å²) in [7, 11) is 0. The fourth-order valence-electron chi connectivity index (χ4n) is 3.97. The molecule has 23 heavy (non-hydrogen) atoms. The van der Waals surface area contributed by atoms with Crippen LogP contribution in [0.4, 0.5) is 0 Å². The van der Waals surface area contributed by atoms with Gasteiger partial charge in [-0.2, -0.15) is 0 Å². The molecule has 1 fully saturated rings. The minimum atomic E-state index is -0.154. The van der Waals surface area contributed by atoms with Gasteiger partial charge in [0, 0.05) is 29.1 Å². The third-order valence-electron chi connectivity index (χ3n) is 5.40. The van der Waals surface area contributed by atoms with Crippen molar-refractivity contribution >= 4 is 34.1 Å². The number of carbonyl (C=O) groups is 1. The van der Waals surface area contributed by atoms with Crippen molar-refractivity contribution in [3.05, 3.63) is 35.5 Å². The van der Waals surface area contributed by atoms with Crippen molar-refractivity contribution in [2.45, 2.75) is 51.7 Å². The first-order valence-corrected chi connectivity index (χ1v) is 8.70. The average molecular weight is 327 g/mol. The molecule has 4 rings (SSSR count). The van der Waals surface area contributed by atoms with Crippen LogP contribution in [0.25, 0.3) is 10.9 Å².